The Balaban J connectivity index is 1.98. The summed E-state index contributed by atoms with van der Waals surface area (Å²) >= 11 is 0. The van der Waals surface area contributed by atoms with Gasteiger partial charge in [-0.15, -0.1) is 0 Å². The third-order valence-corrected chi connectivity index (χ3v) is 4.59. The van der Waals surface area contributed by atoms with E-state index in [0.29, 0.717) is 18.5 Å². The summed E-state index contributed by atoms with van der Waals surface area (Å²) in [5, 5.41) is 5.31. The molecule has 0 saturated heterocycles. The van der Waals surface area contributed by atoms with Gasteiger partial charge in [-0.05, 0) is 18.1 Å². The molecule has 3 aromatic heterocycles. The number of fused-ring (bicyclic) bond motifs is 3. The lowest BCUT2D eigenvalue weighted by atomic mass is 10.0. The Morgan fingerprint density at radius 1 is 1.15 bits per heavy atom. The molecule has 0 saturated carbocycles. The summed E-state index contributed by atoms with van der Waals surface area (Å²) in [6, 6.07) is 12.0. The van der Waals surface area contributed by atoms with Crippen LogP contribution in [0.15, 0.2) is 53.6 Å². The number of ether oxygens (including phenoxy) is 1. The molecule has 0 unspecified atom stereocenters. The zero-order valence-electron chi connectivity index (χ0n) is 14.8. The van der Waals surface area contributed by atoms with Gasteiger partial charge in [-0.3, -0.25) is 4.79 Å². The van der Waals surface area contributed by atoms with Crippen molar-refractivity contribution >= 4 is 16.6 Å². The van der Waals surface area contributed by atoms with Gasteiger partial charge in [-0.2, -0.15) is 5.10 Å². The summed E-state index contributed by atoms with van der Waals surface area (Å²) in [6.07, 6.45) is 4.24. The molecule has 26 heavy (non-hydrogen) atoms. The minimum absolute atomic E-state index is 0.0799. The maximum absolute atomic E-state index is 12.7. The van der Waals surface area contributed by atoms with Crippen LogP contribution in [0, 0.1) is 0 Å². The average molecular weight is 348 g/mol. The molecule has 0 radical (unpaired) electrons. The van der Waals surface area contributed by atoms with Crippen molar-refractivity contribution in [2.75, 3.05) is 13.7 Å². The molecule has 0 atom stereocenters. The first kappa shape index (κ1) is 16.5. The lowest BCUT2D eigenvalue weighted by Gasteiger charge is -2.07. The summed E-state index contributed by atoms with van der Waals surface area (Å²) in [7, 11) is 1.62. The fourth-order valence-corrected chi connectivity index (χ4v) is 3.27. The SMILES string of the molecule is CCc1nn2c(ncc3c(=O)n(CCOC)ccc32)c1-c1ccccc1. The van der Waals surface area contributed by atoms with Crippen LogP contribution in [-0.2, 0) is 17.7 Å². The Morgan fingerprint density at radius 2 is 1.96 bits per heavy atom. The Bertz CT molecular complexity index is 1130. The van der Waals surface area contributed by atoms with Crippen LogP contribution in [0.25, 0.3) is 27.7 Å². The molecular weight excluding hydrogens is 328 g/mol. The molecule has 0 aliphatic rings. The van der Waals surface area contributed by atoms with Crippen molar-refractivity contribution in [1.82, 2.24) is 19.2 Å². The highest BCUT2D eigenvalue weighted by Crippen LogP contribution is 2.29. The maximum atomic E-state index is 12.7. The largest absolute Gasteiger partial charge is 0.383 e. The van der Waals surface area contributed by atoms with Crippen molar-refractivity contribution in [3.63, 3.8) is 0 Å². The van der Waals surface area contributed by atoms with E-state index in [9.17, 15) is 4.79 Å². The van der Waals surface area contributed by atoms with E-state index in [0.717, 1.165) is 34.4 Å². The van der Waals surface area contributed by atoms with Crippen molar-refractivity contribution in [3.05, 3.63) is 64.8 Å². The van der Waals surface area contributed by atoms with E-state index in [1.54, 1.807) is 28.6 Å². The first-order chi connectivity index (χ1) is 12.7. The van der Waals surface area contributed by atoms with Crippen LogP contribution in [0.3, 0.4) is 0 Å². The standard InChI is InChI=1S/C20H20N4O2/c1-3-16-18(14-7-5-4-6-8-14)19-21-13-15-17(24(19)22-16)9-10-23(20(15)25)11-12-26-2/h4-10,13H,3,11-12H2,1-2H3. The van der Waals surface area contributed by atoms with E-state index in [4.69, 9.17) is 9.84 Å². The van der Waals surface area contributed by atoms with Crippen LogP contribution >= 0.6 is 0 Å². The number of hydrogen-bond acceptors (Lipinski definition) is 4. The van der Waals surface area contributed by atoms with Crippen LogP contribution in [-0.4, -0.2) is 32.9 Å². The monoisotopic (exact) mass is 348 g/mol. The van der Waals surface area contributed by atoms with Gasteiger partial charge in [0.15, 0.2) is 5.65 Å². The number of nitrogens with zero attached hydrogens (tertiary/aromatic N) is 4. The van der Waals surface area contributed by atoms with Crippen LogP contribution in [0.5, 0.6) is 0 Å². The van der Waals surface area contributed by atoms with Crippen LogP contribution in [0.4, 0.5) is 0 Å². The lowest BCUT2D eigenvalue weighted by molar-refractivity contribution is 0.186. The zero-order valence-corrected chi connectivity index (χ0v) is 14.8. The van der Waals surface area contributed by atoms with E-state index >= 15 is 0 Å². The molecular formula is C20H20N4O2. The van der Waals surface area contributed by atoms with Gasteiger partial charge in [-0.1, -0.05) is 37.3 Å². The van der Waals surface area contributed by atoms with Gasteiger partial charge >= 0.3 is 0 Å². The van der Waals surface area contributed by atoms with E-state index in [1.807, 2.05) is 24.3 Å². The molecule has 4 rings (SSSR count). The molecule has 0 aliphatic heterocycles. The van der Waals surface area contributed by atoms with Gasteiger partial charge < -0.3 is 9.30 Å². The van der Waals surface area contributed by atoms with Crippen molar-refractivity contribution in [2.24, 2.45) is 0 Å². The topological polar surface area (TPSA) is 61.4 Å². The number of pyridine rings is 1. The minimum Gasteiger partial charge on any atom is -0.383 e. The predicted molar refractivity (Wildman–Crippen MR) is 101 cm³/mol. The summed E-state index contributed by atoms with van der Waals surface area (Å²) in [6.45, 7) is 3.08. The van der Waals surface area contributed by atoms with Crippen molar-refractivity contribution < 1.29 is 4.74 Å². The second-order valence-corrected chi connectivity index (χ2v) is 6.14. The third kappa shape index (κ3) is 2.59. The lowest BCUT2D eigenvalue weighted by Crippen LogP contribution is -2.22. The normalized spacial score (nSPS) is 11.5. The van der Waals surface area contributed by atoms with Crippen molar-refractivity contribution in [1.29, 1.82) is 0 Å². The summed E-state index contributed by atoms with van der Waals surface area (Å²) in [5.41, 5.74) is 4.54. The number of aromatic nitrogens is 4. The molecule has 0 amide bonds. The Hall–Kier alpha value is -2.99. The Morgan fingerprint density at radius 3 is 2.69 bits per heavy atom. The smallest absolute Gasteiger partial charge is 0.261 e. The molecule has 1 aromatic carbocycles. The first-order valence-corrected chi connectivity index (χ1v) is 8.68. The van der Waals surface area contributed by atoms with Crippen LogP contribution in [0.2, 0.25) is 0 Å². The number of aryl methyl sites for hydroxylation is 1. The minimum atomic E-state index is -0.0799. The highest BCUT2D eigenvalue weighted by Gasteiger charge is 2.17. The van der Waals surface area contributed by atoms with Gasteiger partial charge in [0.2, 0.25) is 0 Å². The molecule has 4 aromatic rings. The number of methoxy groups -OCH3 is 1. The van der Waals surface area contributed by atoms with Gasteiger partial charge in [0, 0.05) is 31.6 Å². The number of rotatable bonds is 5. The van der Waals surface area contributed by atoms with E-state index in [1.165, 1.54) is 0 Å². The molecule has 0 spiro atoms. The maximum Gasteiger partial charge on any atom is 0.261 e. The van der Waals surface area contributed by atoms with Crippen molar-refractivity contribution in [3.8, 4) is 11.1 Å². The summed E-state index contributed by atoms with van der Waals surface area (Å²) in [4.78, 5) is 17.3. The quantitative estimate of drug-likeness (QED) is 0.556. The highest BCUT2D eigenvalue weighted by atomic mass is 16.5. The van der Waals surface area contributed by atoms with E-state index < -0.39 is 0 Å². The molecule has 6 heteroatoms. The Kier molecular flexibility index (Phi) is 4.26. The number of benzene rings is 1. The Labute approximate surface area is 150 Å². The predicted octanol–water partition coefficient (Wildman–Crippen LogP) is 2.92. The van der Waals surface area contributed by atoms with Crippen LogP contribution < -0.4 is 5.56 Å². The van der Waals surface area contributed by atoms with Gasteiger partial charge in [0.25, 0.3) is 5.56 Å². The van der Waals surface area contributed by atoms with Crippen LogP contribution in [0.1, 0.15) is 12.6 Å². The first-order valence-electron chi connectivity index (χ1n) is 8.68. The zero-order chi connectivity index (χ0) is 18.1. The summed E-state index contributed by atoms with van der Waals surface area (Å²) in [5.74, 6) is 0. The molecule has 6 nitrogen and oxygen atoms in total. The van der Waals surface area contributed by atoms with E-state index in [-0.39, 0.29) is 5.56 Å². The highest BCUT2D eigenvalue weighted by molar-refractivity contribution is 5.86. The third-order valence-electron chi connectivity index (χ3n) is 4.59. The molecule has 3 heterocycles. The molecule has 0 aliphatic carbocycles. The van der Waals surface area contributed by atoms with E-state index in [2.05, 4.69) is 24.0 Å². The fraction of sp³-hybridized carbons (Fsp3) is 0.250. The van der Waals surface area contributed by atoms with Gasteiger partial charge in [-0.25, -0.2) is 9.50 Å². The molecule has 0 fully saturated rings. The van der Waals surface area contributed by atoms with Gasteiger partial charge in [0.1, 0.15) is 0 Å². The van der Waals surface area contributed by atoms with Crippen molar-refractivity contribution in [2.45, 2.75) is 19.9 Å². The molecule has 0 bridgehead atoms. The molecule has 132 valence electrons. The second-order valence-electron chi connectivity index (χ2n) is 6.14. The fourth-order valence-electron chi connectivity index (χ4n) is 3.27. The number of hydrogen-bond donors (Lipinski definition) is 0. The average Bonchev–Trinajstić information content (AvgIpc) is 3.07. The van der Waals surface area contributed by atoms with Gasteiger partial charge in [0.05, 0.1) is 23.2 Å². The second kappa shape index (κ2) is 6.72. The molecule has 0 N–H and O–H groups in total. The summed E-state index contributed by atoms with van der Waals surface area (Å²) < 4.78 is 8.50.